The maximum absolute atomic E-state index is 12.7. The highest BCUT2D eigenvalue weighted by atomic mass is 127. The molecule has 144 valence electrons. The second-order valence-corrected chi connectivity index (χ2v) is 8.10. The van der Waals surface area contributed by atoms with Gasteiger partial charge in [0.25, 0.3) is 11.8 Å². The number of rotatable bonds is 6. The van der Waals surface area contributed by atoms with E-state index in [1.807, 2.05) is 13.0 Å². The zero-order valence-corrected chi connectivity index (χ0v) is 17.3. The van der Waals surface area contributed by atoms with Gasteiger partial charge in [-0.05, 0) is 65.5 Å². The topological polar surface area (TPSA) is 92.0 Å². The van der Waals surface area contributed by atoms with Crippen LogP contribution >= 0.6 is 22.6 Å². The van der Waals surface area contributed by atoms with Crippen molar-refractivity contribution in [1.29, 1.82) is 5.26 Å². The van der Waals surface area contributed by atoms with Crippen LogP contribution < -0.4 is 9.47 Å². The number of carbonyl (C=O) groups is 2. The monoisotopic (exact) mass is 491 g/mol. The number of nitrogens with zero attached hydrogens (tertiary/aromatic N) is 3. The number of ether oxygens (including phenoxy) is 2. The molecule has 1 aromatic carbocycles. The molecule has 7 nitrogen and oxygen atoms in total. The summed E-state index contributed by atoms with van der Waals surface area (Å²) in [5, 5.41) is 14.0. The average molecular weight is 491 g/mol. The van der Waals surface area contributed by atoms with Crippen LogP contribution in [0.3, 0.4) is 0 Å². The van der Waals surface area contributed by atoms with Crippen molar-refractivity contribution in [3.8, 4) is 17.6 Å². The Bertz CT molecular complexity index is 906. The Balaban J connectivity index is 1.57. The lowest BCUT2D eigenvalue weighted by Crippen LogP contribution is -2.28. The van der Waals surface area contributed by atoms with Gasteiger partial charge in [0, 0.05) is 0 Å². The molecule has 4 rings (SSSR count). The van der Waals surface area contributed by atoms with Gasteiger partial charge in [-0.1, -0.05) is 12.2 Å². The van der Waals surface area contributed by atoms with E-state index in [1.54, 1.807) is 12.1 Å². The number of imide groups is 1. The smallest absolute Gasteiger partial charge is 0.254 e. The Morgan fingerprint density at radius 2 is 1.93 bits per heavy atom. The molecule has 2 amide bonds. The first kappa shape index (κ1) is 18.9. The Kier molecular flexibility index (Phi) is 5.10. The molecule has 8 heteroatoms. The Morgan fingerprint density at radius 1 is 1.25 bits per heavy atom. The van der Waals surface area contributed by atoms with E-state index in [-0.39, 0.29) is 42.1 Å². The molecule has 1 saturated heterocycles. The quantitative estimate of drug-likeness (QED) is 0.264. The van der Waals surface area contributed by atoms with Crippen LogP contribution in [0.4, 0.5) is 0 Å². The molecule has 0 radical (unpaired) electrons. The fraction of sp³-hybridized carbons (Fsp3) is 0.400. The largest absolute Gasteiger partial charge is 0.490 e. The standard InChI is InChI=1S/C20H18IN3O4/c1-2-27-15-8-11(7-14(21)18(15)28-6-5-22)10-23-24-19(25)16-12-3-4-13(9-12)17(16)20(24)26/h3-4,7-8,10,12-13,16-17H,2,6,9H2,1H3/t12-,13-,16-,17+/m0/s1. The maximum atomic E-state index is 12.7. The van der Waals surface area contributed by atoms with Crippen molar-refractivity contribution in [2.75, 3.05) is 13.2 Å². The highest BCUT2D eigenvalue weighted by Crippen LogP contribution is 2.52. The molecule has 28 heavy (non-hydrogen) atoms. The van der Waals surface area contributed by atoms with Crippen LogP contribution in [-0.2, 0) is 9.59 Å². The summed E-state index contributed by atoms with van der Waals surface area (Å²) in [7, 11) is 0. The van der Waals surface area contributed by atoms with Crippen molar-refractivity contribution in [1.82, 2.24) is 5.01 Å². The number of benzene rings is 1. The Hall–Kier alpha value is -2.41. The maximum Gasteiger partial charge on any atom is 0.254 e. The van der Waals surface area contributed by atoms with Gasteiger partial charge in [-0.2, -0.15) is 15.4 Å². The van der Waals surface area contributed by atoms with E-state index >= 15 is 0 Å². The van der Waals surface area contributed by atoms with Gasteiger partial charge in [0.05, 0.1) is 28.2 Å². The molecule has 3 aliphatic rings. The van der Waals surface area contributed by atoms with Gasteiger partial charge in [0.1, 0.15) is 6.07 Å². The molecule has 0 unspecified atom stereocenters. The zero-order valence-electron chi connectivity index (χ0n) is 15.2. The molecule has 1 saturated carbocycles. The summed E-state index contributed by atoms with van der Waals surface area (Å²) < 4.78 is 11.8. The van der Waals surface area contributed by atoms with E-state index in [2.05, 4.69) is 39.8 Å². The summed E-state index contributed by atoms with van der Waals surface area (Å²) in [6, 6.07) is 5.46. The highest BCUT2D eigenvalue weighted by molar-refractivity contribution is 14.1. The van der Waals surface area contributed by atoms with Crippen LogP contribution in [0.5, 0.6) is 11.5 Å². The summed E-state index contributed by atoms with van der Waals surface area (Å²) in [5.74, 6) is 0.355. The van der Waals surface area contributed by atoms with Crippen LogP contribution in [0, 0.1) is 38.6 Å². The lowest BCUT2D eigenvalue weighted by Gasteiger charge is -2.13. The Labute approximate surface area is 176 Å². The molecule has 0 aromatic heterocycles. The number of halogens is 1. The molecular weight excluding hydrogens is 473 g/mol. The minimum absolute atomic E-state index is 0.0839. The van der Waals surface area contributed by atoms with Crippen LogP contribution in [0.25, 0.3) is 0 Å². The van der Waals surface area contributed by atoms with E-state index in [9.17, 15) is 9.59 Å². The summed E-state index contributed by atoms with van der Waals surface area (Å²) in [4.78, 5) is 25.4. The summed E-state index contributed by atoms with van der Waals surface area (Å²) in [6.07, 6.45) is 6.50. The van der Waals surface area contributed by atoms with Gasteiger partial charge >= 0.3 is 0 Å². The molecular formula is C20H18IN3O4. The number of fused-ring (bicyclic) bond motifs is 5. The van der Waals surface area contributed by atoms with Crippen molar-refractivity contribution in [3.05, 3.63) is 33.4 Å². The normalized spacial score (nSPS) is 27.5. The Morgan fingerprint density at radius 3 is 2.54 bits per heavy atom. The second kappa shape index (κ2) is 7.54. The van der Waals surface area contributed by atoms with Gasteiger partial charge in [-0.15, -0.1) is 0 Å². The van der Waals surface area contributed by atoms with E-state index in [4.69, 9.17) is 14.7 Å². The third-order valence-electron chi connectivity index (χ3n) is 5.38. The second-order valence-electron chi connectivity index (χ2n) is 6.94. The molecule has 2 aliphatic carbocycles. The first-order valence-corrected chi connectivity index (χ1v) is 10.2. The van der Waals surface area contributed by atoms with Crippen molar-refractivity contribution in [3.63, 3.8) is 0 Å². The number of carbonyl (C=O) groups excluding carboxylic acids is 2. The minimum Gasteiger partial charge on any atom is -0.490 e. The van der Waals surface area contributed by atoms with Gasteiger partial charge in [-0.25, -0.2) is 0 Å². The molecule has 2 fully saturated rings. The van der Waals surface area contributed by atoms with Gasteiger partial charge in [0.15, 0.2) is 18.1 Å². The number of amides is 2. The average Bonchev–Trinajstić information content (AvgIpc) is 3.34. The fourth-order valence-electron chi connectivity index (χ4n) is 4.29. The molecule has 0 N–H and O–H groups in total. The van der Waals surface area contributed by atoms with Crippen molar-refractivity contribution in [2.45, 2.75) is 13.3 Å². The molecule has 1 aliphatic heterocycles. The van der Waals surface area contributed by atoms with E-state index in [0.717, 1.165) is 15.0 Å². The van der Waals surface area contributed by atoms with Crippen LogP contribution in [-0.4, -0.2) is 36.3 Å². The van der Waals surface area contributed by atoms with E-state index in [0.29, 0.717) is 23.7 Å². The van der Waals surface area contributed by atoms with Crippen molar-refractivity contribution < 1.29 is 19.1 Å². The number of hydrogen-bond donors (Lipinski definition) is 0. The van der Waals surface area contributed by atoms with E-state index in [1.165, 1.54) is 6.21 Å². The number of allylic oxidation sites excluding steroid dienone is 2. The minimum atomic E-state index is -0.263. The molecule has 4 atom stereocenters. The van der Waals surface area contributed by atoms with E-state index < -0.39 is 0 Å². The summed E-state index contributed by atoms with van der Waals surface area (Å²) >= 11 is 2.09. The van der Waals surface area contributed by atoms with Crippen molar-refractivity contribution >= 4 is 40.6 Å². The number of hydrogen-bond acceptors (Lipinski definition) is 6. The van der Waals surface area contributed by atoms with Crippen molar-refractivity contribution in [2.24, 2.45) is 28.8 Å². The third kappa shape index (κ3) is 3.07. The highest BCUT2D eigenvalue weighted by Gasteiger charge is 2.59. The first-order valence-electron chi connectivity index (χ1n) is 9.11. The molecule has 0 spiro atoms. The number of hydrazone groups is 1. The third-order valence-corrected chi connectivity index (χ3v) is 6.18. The molecule has 1 heterocycles. The van der Waals surface area contributed by atoms with Crippen LogP contribution in [0.1, 0.15) is 18.9 Å². The fourth-order valence-corrected chi connectivity index (χ4v) is 5.08. The lowest BCUT2D eigenvalue weighted by molar-refractivity contribution is -0.140. The summed E-state index contributed by atoms with van der Waals surface area (Å²) in [5.41, 5.74) is 0.677. The molecule has 1 aromatic rings. The van der Waals surface area contributed by atoms with Gasteiger partial charge in [-0.3, -0.25) is 9.59 Å². The van der Waals surface area contributed by atoms with Crippen LogP contribution in [0.15, 0.2) is 29.4 Å². The molecule has 2 bridgehead atoms. The SMILES string of the molecule is CCOc1cc(C=NN2C(=O)[C@@H]3[C@H](C2=O)[C@H]2C=C[C@H]3C2)cc(I)c1OCC#N. The van der Waals surface area contributed by atoms with Crippen LogP contribution in [0.2, 0.25) is 0 Å². The predicted molar refractivity (Wildman–Crippen MR) is 109 cm³/mol. The lowest BCUT2D eigenvalue weighted by atomic mass is 9.85. The predicted octanol–water partition coefficient (Wildman–Crippen LogP) is 2.73. The van der Waals surface area contributed by atoms with Gasteiger partial charge < -0.3 is 9.47 Å². The summed E-state index contributed by atoms with van der Waals surface area (Å²) in [6.45, 7) is 2.20. The zero-order chi connectivity index (χ0) is 19.8. The first-order chi connectivity index (χ1) is 13.5. The number of nitriles is 1. The van der Waals surface area contributed by atoms with Gasteiger partial charge in [0.2, 0.25) is 0 Å².